The van der Waals surface area contributed by atoms with E-state index in [1.165, 1.54) is 0 Å². The van der Waals surface area contributed by atoms with Gasteiger partial charge in [0.15, 0.2) is 0 Å². The van der Waals surface area contributed by atoms with Crippen LogP contribution >= 0.6 is 0 Å². The molecule has 0 aromatic heterocycles. The zero-order chi connectivity index (χ0) is 3.58. The summed E-state index contributed by atoms with van der Waals surface area (Å²) < 4.78 is 0. The van der Waals surface area contributed by atoms with Crippen molar-refractivity contribution < 1.29 is 177 Å². The number of hydrogen-bond donors (Lipinski definition) is 1. The fourth-order valence-electron chi connectivity index (χ4n) is 0. The number of halogens is 2. The molecule has 0 bridgehead atoms. The second-order valence-corrected chi connectivity index (χ2v) is 0.266. The van der Waals surface area contributed by atoms with Crippen molar-refractivity contribution in [1.29, 1.82) is 0 Å². The van der Waals surface area contributed by atoms with E-state index >= 15 is 0 Å². The van der Waals surface area contributed by atoms with Gasteiger partial charge in [0, 0.05) is 0 Å². The van der Waals surface area contributed by atoms with E-state index in [9.17, 15) is 0 Å². The van der Waals surface area contributed by atoms with Crippen LogP contribution in [-0.4, -0.2) is 11.3 Å². The first-order valence-corrected chi connectivity index (χ1v) is 0.632. The van der Waals surface area contributed by atoms with Gasteiger partial charge in [-0.25, -0.2) is 0 Å². The van der Waals surface area contributed by atoms with Crippen molar-refractivity contribution in [2.75, 3.05) is 0 Å². The standard InChI is InChI=1S/CH2O3.BrH.ClH.2K.Na/c2-1(3)4;;;;;/h(H2,2,3,4);2*1H;;;/q;;;3*+1/p-3. The maximum absolute atomic E-state index is 8.44. The molecule has 0 saturated heterocycles. The third-order valence-electron chi connectivity index (χ3n) is 0. The molecule has 9 heavy (non-hydrogen) atoms. The van der Waals surface area contributed by atoms with Gasteiger partial charge in [0.05, 0.1) is 0 Å². The van der Waals surface area contributed by atoms with Crippen LogP contribution in [0.1, 0.15) is 0 Å². The van der Waals surface area contributed by atoms with Crippen LogP contribution in [0.4, 0.5) is 4.79 Å². The van der Waals surface area contributed by atoms with Crippen LogP contribution in [0.3, 0.4) is 0 Å². The molecule has 0 saturated carbocycles. The van der Waals surface area contributed by atoms with E-state index in [4.69, 9.17) is 15.0 Å². The maximum atomic E-state index is 8.44. The number of hydrogen-bond acceptors (Lipinski definition) is 2. The first kappa shape index (κ1) is 37.7. The molecule has 0 heterocycles. The molecule has 0 aromatic rings. The van der Waals surface area contributed by atoms with Gasteiger partial charge >= 0.3 is 132 Å². The summed E-state index contributed by atoms with van der Waals surface area (Å²) in [6, 6.07) is 0. The van der Waals surface area contributed by atoms with E-state index in [-0.39, 0.29) is 162 Å². The molecule has 8 heteroatoms. The molecule has 0 aromatic carbocycles. The summed E-state index contributed by atoms with van der Waals surface area (Å²) in [5.74, 6) is 0. The summed E-state index contributed by atoms with van der Waals surface area (Å²) in [5.41, 5.74) is 0. The Bertz CT molecular complexity index is 44.8. The molecular weight excluding hydrogens is 277 g/mol. The Kier molecular flexibility index (Phi) is 124. The van der Waals surface area contributed by atoms with Gasteiger partial charge in [-0.3, -0.25) is 0 Å². The monoisotopic (exact) mass is 276 g/mol. The summed E-state index contributed by atoms with van der Waals surface area (Å²) in [6.45, 7) is 0. The Morgan fingerprint density at radius 3 is 1.33 bits per heavy atom. The van der Waals surface area contributed by atoms with Crippen molar-refractivity contribution in [1.82, 2.24) is 0 Å². The number of carbonyl (C=O) groups is 1. The van der Waals surface area contributed by atoms with Crippen LogP contribution in [0.5, 0.6) is 0 Å². The van der Waals surface area contributed by atoms with Crippen molar-refractivity contribution >= 4 is 6.16 Å². The molecule has 1 N–H and O–H groups in total. The summed E-state index contributed by atoms with van der Waals surface area (Å²) in [6.07, 6.45) is -2.08. The van der Waals surface area contributed by atoms with Gasteiger partial charge < -0.3 is 44.4 Å². The molecule has 0 aliphatic carbocycles. The van der Waals surface area contributed by atoms with Crippen LogP contribution in [0.25, 0.3) is 0 Å². The van der Waals surface area contributed by atoms with E-state index in [0.717, 1.165) is 0 Å². The second kappa shape index (κ2) is 29.5. The van der Waals surface area contributed by atoms with Crippen molar-refractivity contribution in [2.45, 2.75) is 0 Å². The van der Waals surface area contributed by atoms with Crippen LogP contribution in [0.15, 0.2) is 0 Å². The molecule has 0 radical (unpaired) electrons. The molecule has 0 aliphatic rings. The first-order chi connectivity index (χ1) is 1.73. The quantitative estimate of drug-likeness (QED) is 0.447. The average molecular weight is 278 g/mol. The maximum Gasteiger partial charge on any atom is 1.00 e. The van der Waals surface area contributed by atoms with Crippen molar-refractivity contribution in [2.24, 2.45) is 0 Å². The third kappa shape index (κ3) is 70.4. The fourth-order valence-corrected chi connectivity index (χ4v) is 0. The zero-order valence-corrected chi connectivity index (χ0v) is 16.1. The number of carboxylic acid groups (broad SMARTS) is 2. The Labute approximate surface area is 177 Å². The number of rotatable bonds is 0. The molecule has 0 spiro atoms. The van der Waals surface area contributed by atoms with E-state index in [2.05, 4.69) is 0 Å². The largest absolute Gasteiger partial charge is 1.00 e. The third-order valence-corrected chi connectivity index (χ3v) is 0. The molecule has 0 unspecified atom stereocenters. The topological polar surface area (TPSA) is 60.4 Å². The zero-order valence-electron chi connectivity index (χ0n) is 5.52. The Morgan fingerprint density at radius 1 is 1.33 bits per heavy atom. The van der Waals surface area contributed by atoms with Crippen LogP contribution in [-0.2, 0) is 0 Å². The summed E-state index contributed by atoms with van der Waals surface area (Å²) >= 11 is 0. The molecule has 0 amide bonds. The van der Waals surface area contributed by atoms with E-state index in [1.54, 1.807) is 0 Å². The van der Waals surface area contributed by atoms with Gasteiger partial charge in [0.1, 0.15) is 0 Å². The minimum Gasteiger partial charge on any atom is -1.00 e. The SMILES string of the molecule is O=C([O-])O.[Br-].[Cl-].[K+].[K+].[Na+]. The van der Waals surface area contributed by atoms with Gasteiger partial charge in [-0.1, -0.05) is 0 Å². The van der Waals surface area contributed by atoms with Gasteiger partial charge in [0.2, 0.25) is 6.16 Å². The molecule has 0 aliphatic heterocycles. The summed E-state index contributed by atoms with van der Waals surface area (Å²) in [4.78, 5) is 8.44. The minimum absolute atomic E-state index is 0. The van der Waals surface area contributed by atoms with Gasteiger partial charge in [-0.2, -0.15) is 0 Å². The van der Waals surface area contributed by atoms with Gasteiger partial charge in [-0.15, -0.1) is 0 Å². The Hall–Kier alpha value is 4.31. The van der Waals surface area contributed by atoms with Crippen LogP contribution < -0.4 is 167 Å². The average Bonchev–Trinajstić information content (AvgIpc) is 0.811. The van der Waals surface area contributed by atoms with Crippen molar-refractivity contribution in [3.05, 3.63) is 0 Å². The Morgan fingerprint density at radius 2 is 1.33 bits per heavy atom. The van der Waals surface area contributed by atoms with Gasteiger partial charge in [0.25, 0.3) is 0 Å². The molecule has 0 atom stereocenters. The Balaban J connectivity index is -0.00000000450. The second-order valence-electron chi connectivity index (χ2n) is 0.266. The molecule has 0 rings (SSSR count). The van der Waals surface area contributed by atoms with Crippen LogP contribution in [0.2, 0.25) is 0 Å². The van der Waals surface area contributed by atoms with Crippen molar-refractivity contribution in [3.8, 4) is 0 Å². The van der Waals surface area contributed by atoms with E-state index in [0.29, 0.717) is 0 Å². The van der Waals surface area contributed by atoms with Crippen molar-refractivity contribution in [3.63, 3.8) is 0 Å². The molecule has 0 fully saturated rings. The molecule has 40 valence electrons. The normalized spacial score (nSPS) is 2.67. The minimum atomic E-state index is -2.08. The first-order valence-electron chi connectivity index (χ1n) is 0.632. The van der Waals surface area contributed by atoms with E-state index < -0.39 is 6.16 Å². The predicted octanol–water partition coefficient (Wildman–Crippen LogP) is -16.1. The molecular formula is CHBrClK2NaO3. The molecule has 3 nitrogen and oxygen atoms in total. The predicted molar refractivity (Wildman–Crippen MR) is 8.02 cm³/mol. The van der Waals surface area contributed by atoms with Crippen LogP contribution in [0, 0.1) is 0 Å². The summed E-state index contributed by atoms with van der Waals surface area (Å²) in [7, 11) is 0. The smallest absolute Gasteiger partial charge is 1.00 e. The summed E-state index contributed by atoms with van der Waals surface area (Å²) in [5, 5.41) is 15.3. The van der Waals surface area contributed by atoms with E-state index in [1.807, 2.05) is 0 Å². The van der Waals surface area contributed by atoms with Gasteiger partial charge in [-0.05, 0) is 0 Å². The fraction of sp³-hybridized carbons (Fsp3) is 0.